The second-order valence-corrected chi connectivity index (χ2v) is 8.07. The van der Waals surface area contributed by atoms with Crippen molar-refractivity contribution < 1.29 is 42.6 Å². The molecule has 4 saturated heterocycles. The molecule has 144 valence electrons. The minimum Gasteiger partial charge on any atom is -0.315 e. The summed E-state index contributed by atoms with van der Waals surface area (Å²) in [6.07, 6.45) is -3.84. The molecular formula is C16H23F3O6. The van der Waals surface area contributed by atoms with Crippen molar-refractivity contribution in [3.05, 3.63) is 0 Å². The van der Waals surface area contributed by atoms with Gasteiger partial charge in [-0.25, -0.2) is 15.0 Å². The van der Waals surface area contributed by atoms with E-state index >= 15 is 0 Å². The van der Waals surface area contributed by atoms with Crippen molar-refractivity contribution in [3.8, 4) is 0 Å². The Labute approximate surface area is 143 Å². The van der Waals surface area contributed by atoms with Crippen LogP contribution < -0.4 is 0 Å². The quantitative estimate of drug-likeness (QED) is 0.563. The monoisotopic (exact) mass is 368 g/mol. The summed E-state index contributed by atoms with van der Waals surface area (Å²) in [5, 5.41) is 9.22. The first-order chi connectivity index (χ1) is 11.6. The Morgan fingerprint density at radius 2 is 1.76 bits per heavy atom. The van der Waals surface area contributed by atoms with Gasteiger partial charge in [0, 0.05) is 18.3 Å². The molecule has 2 bridgehead atoms. The van der Waals surface area contributed by atoms with E-state index in [-0.39, 0.29) is 11.8 Å². The number of hydrogen-bond acceptors (Lipinski definition) is 6. The van der Waals surface area contributed by atoms with Gasteiger partial charge >= 0.3 is 12.0 Å². The van der Waals surface area contributed by atoms with E-state index < -0.39 is 41.5 Å². The van der Waals surface area contributed by atoms with Crippen molar-refractivity contribution in [2.75, 3.05) is 0 Å². The van der Waals surface area contributed by atoms with Crippen LogP contribution in [0.1, 0.15) is 46.5 Å². The van der Waals surface area contributed by atoms with Crippen LogP contribution >= 0.6 is 0 Å². The highest BCUT2D eigenvalue weighted by Gasteiger charge is 2.77. The molecule has 1 saturated carbocycles. The second kappa shape index (κ2) is 5.30. The summed E-state index contributed by atoms with van der Waals surface area (Å²) in [5.41, 5.74) is -1.14. The summed E-state index contributed by atoms with van der Waals surface area (Å²) in [6, 6.07) is 0. The second-order valence-electron chi connectivity index (χ2n) is 8.07. The molecule has 1 spiro atoms. The molecule has 5 fully saturated rings. The molecule has 3 unspecified atom stereocenters. The number of rotatable bonds is 1. The standard InChI is InChI=1S/C16H23F3O6/c1-8-4-5-11-9(2)15(23-20,16(17,18)19)22-12-14(11)10(8)6-7-13(3,21-12)24-25-14/h8-12,20H,4-7H2,1-3H3/t8-,9-,10?,11?,12?,13+,14-,15+/m1/s1. The highest BCUT2D eigenvalue weighted by atomic mass is 19.4. The molecule has 1 N–H and O–H groups in total. The molecule has 8 atom stereocenters. The fourth-order valence-electron chi connectivity index (χ4n) is 5.40. The number of halogens is 3. The van der Waals surface area contributed by atoms with Crippen molar-refractivity contribution in [1.29, 1.82) is 0 Å². The topological polar surface area (TPSA) is 66.4 Å². The van der Waals surface area contributed by atoms with Crippen LogP contribution in [0.4, 0.5) is 13.2 Å². The molecule has 5 rings (SSSR count). The summed E-state index contributed by atoms with van der Waals surface area (Å²) >= 11 is 0. The third kappa shape index (κ3) is 2.14. The Bertz CT molecular complexity index is 558. The van der Waals surface area contributed by atoms with Gasteiger partial charge in [0.2, 0.25) is 5.79 Å². The van der Waals surface area contributed by atoms with Crippen LogP contribution in [-0.2, 0) is 24.1 Å². The van der Waals surface area contributed by atoms with Crippen LogP contribution in [0.2, 0.25) is 0 Å². The highest BCUT2D eigenvalue weighted by molar-refractivity contribution is 5.12. The molecular weight excluding hydrogens is 345 g/mol. The Kier molecular flexibility index (Phi) is 3.80. The van der Waals surface area contributed by atoms with E-state index in [2.05, 4.69) is 11.8 Å². The number of ether oxygens (including phenoxy) is 2. The Morgan fingerprint density at radius 3 is 2.40 bits per heavy atom. The largest absolute Gasteiger partial charge is 0.446 e. The maximum absolute atomic E-state index is 13.8. The Hall–Kier alpha value is -0.450. The molecule has 0 aromatic rings. The average molecular weight is 368 g/mol. The van der Waals surface area contributed by atoms with Gasteiger partial charge in [0.1, 0.15) is 0 Å². The minimum atomic E-state index is -4.93. The molecule has 4 heterocycles. The number of alkyl halides is 3. The molecule has 5 aliphatic rings. The minimum absolute atomic E-state index is 0.0621. The fraction of sp³-hybridized carbons (Fsp3) is 1.00. The van der Waals surface area contributed by atoms with E-state index in [4.69, 9.17) is 19.2 Å². The molecule has 0 radical (unpaired) electrons. The predicted molar refractivity (Wildman–Crippen MR) is 75.5 cm³/mol. The van der Waals surface area contributed by atoms with Gasteiger partial charge in [-0.15, -0.1) is 0 Å². The lowest BCUT2D eigenvalue weighted by Crippen LogP contribution is -2.75. The highest BCUT2D eigenvalue weighted by Crippen LogP contribution is 2.64. The Balaban J connectivity index is 1.85. The van der Waals surface area contributed by atoms with E-state index in [1.54, 1.807) is 6.92 Å². The number of fused-ring (bicyclic) bond motifs is 2. The van der Waals surface area contributed by atoms with E-state index in [9.17, 15) is 18.4 Å². The molecule has 0 amide bonds. The molecule has 6 nitrogen and oxygen atoms in total. The summed E-state index contributed by atoms with van der Waals surface area (Å²) in [6.45, 7) is 5.05. The summed E-state index contributed by atoms with van der Waals surface area (Å²) in [7, 11) is 0. The molecule has 0 aromatic carbocycles. The van der Waals surface area contributed by atoms with Gasteiger partial charge in [-0.2, -0.15) is 18.1 Å². The zero-order valence-electron chi connectivity index (χ0n) is 14.3. The van der Waals surface area contributed by atoms with Crippen LogP contribution in [0.25, 0.3) is 0 Å². The predicted octanol–water partition coefficient (Wildman–Crippen LogP) is 3.62. The maximum atomic E-state index is 13.8. The zero-order chi connectivity index (χ0) is 18.3. The van der Waals surface area contributed by atoms with Crippen LogP contribution in [0.3, 0.4) is 0 Å². The van der Waals surface area contributed by atoms with Gasteiger partial charge in [0.25, 0.3) is 0 Å². The summed E-state index contributed by atoms with van der Waals surface area (Å²) < 4.78 is 52.6. The van der Waals surface area contributed by atoms with Crippen molar-refractivity contribution >= 4 is 0 Å². The van der Waals surface area contributed by atoms with Crippen LogP contribution in [0, 0.1) is 23.7 Å². The number of hydrogen-bond donors (Lipinski definition) is 1. The lowest BCUT2D eigenvalue weighted by atomic mass is 9.57. The smallest absolute Gasteiger partial charge is 0.315 e. The van der Waals surface area contributed by atoms with E-state index in [1.165, 1.54) is 6.92 Å². The van der Waals surface area contributed by atoms with Crippen molar-refractivity contribution in [2.45, 2.75) is 76.1 Å². The summed E-state index contributed by atoms with van der Waals surface area (Å²) in [5.74, 6) is -5.96. The third-order valence-corrected chi connectivity index (χ3v) is 6.79. The van der Waals surface area contributed by atoms with Crippen molar-refractivity contribution in [1.82, 2.24) is 0 Å². The molecule has 25 heavy (non-hydrogen) atoms. The van der Waals surface area contributed by atoms with Gasteiger partial charge in [-0.1, -0.05) is 13.8 Å². The average Bonchev–Trinajstić information content (AvgIpc) is 2.76. The SMILES string of the molecule is C[C@@H]1CCC2[C@@H](C)[C@](OO)(C(F)(F)F)OC3O[C@]4(C)CCC1[C@]32OO4. The van der Waals surface area contributed by atoms with Crippen molar-refractivity contribution in [2.24, 2.45) is 23.7 Å². The lowest BCUT2D eigenvalue weighted by molar-refractivity contribution is -0.616. The fourth-order valence-corrected chi connectivity index (χ4v) is 5.40. The van der Waals surface area contributed by atoms with Gasteiger partial charge in [-0.05, 0) is 38.0 Å². The molecule has 4 aliphatic heterocycles. The zero-order valence-corrected chi connectivity index (χ0v) is 14.3. The van der Waals surface area contributed by atoms with Crippen LogP contribution in [0.15, 0.2) is 0 Å². The maximum Gasteiger partial charge on any atom is 0.446 e. The third-order valence-electron chi connectivity index (χ3n) is 6.79. The van der Waals surface area contributed by atoms with E-state index in [1.807, 2.05) is 0 Å². The van der Waals surface area contributed by atoms with E-state index in [0.29, 0.717) is 19.3 Å². The van der Waals surface area contributed by atoms with E-state index in [0.717, 1.165) is 6.42 Å². The lowest BCUT2D eigenvalue weighted by Gasteiger charge is -2.62. The molecule has 0 aromatic heterocycles. The first kappa shape index (κ1) is 17.9. The van der Waals surface area contributed by atoms with Crippen LogP contribution in [0.5, 0.6) is 0 Å². The first-order valence-electron chi connectivity index (χ1n) is 8.71. The normalized spacial score (nSPS) is 55.6. The molecule has 1 aliphatic carbocycles. The van der Waals surface area contributed by atoms with Gasteiger partial charge in [0.05, 0.1) is 0 Å². The van der Waals surface area contributed by atoms with Gasteiger partial charge in [-0.3, -0.25) is 0 Å². The summed E-state index contributed by atoms with van der Waals surface area (Å²) in [4.78, 5) is 15.3. The van der Waals surface area contributed by atoms with Gasteiger partial charge < -0.3 is 9.47 Å². The van der Waals surface area contributed by atoms with Crippen LogP contribution in [-0.4, -0.2) is 34.9 Å². The van der Waals surface area contributed by atoms with Gasteiger partial charge in [0.15, 0.2) is 11.9 Å². The van der Waals surface area contributed by atoms with Crippen molar-refractivity contribution in [3.63, 3.8) is 0 Å². The first-order valence-corrected chi connectivity index (χ1v) is 8.71. The Morgan fingerprint density at radius 1 is 1.04 bits per heavy atom. The molecule has 9 heteroatoms.